The van der Waals surface area contributed by atoms with Crippen LogP contribution in [0.15, 0.2) is 60.9 Å². The summed E-state index contributed by atoms with van der Waals surface area (Å²) in [5.74, 6) is -2.72. The minimum absolute atomic E-state index is 0.0821. The summed E-state index contributed by atoms with van der Waals surface area (Å²) in [7, 11) is 0. The first-order valence-corrected chi connectivity index (χ1v) is 22.7. The molecule has 8 N–H and O–H groups in total. The van der Waals surface area contributed by atoms with E-state index < -0.39 is 59.2 Å². The molecule has 8 rings (SSSR count). The number of hydrogen-bond donors (Lipinski definition) is 7. The quantitative estimate of drug-likeness (QED) is 0.133. The zero-order valence-electron chi connectivity index (χ0n) is 35.7. The highest BCUT2D eigenvalue weighted by Crippen LogP contribution is 2.40. The van der Waals surface area contributed by atoms with Crippen LogP contribution in [0.3, 0.4) is 0 Å². The first-order valence-electron chi connectivity index (χ1n) is 22.7. The first kappa shape index (κ1) is 43.0. The smallest absolute Gasteiger partial charge is 0.246 e. The van der Waals surface area contributed by atoms with Crippen molar-refractivity contribution in [3.05, 3.63) is 72.1 Å². The van der Waals surface area contributed by atoms with Crippen LogP contribution in [0, 0.1) is 5.92 Å². The molecule has 2 saturated carbocycles. The van der Waals surface area contributed by atoms with Crippen LogP contribution >= 0.6 is 0 Å². The van der Waals surface area contributed by atoms with Crippen molar-refractivity contribution < 1.29 is 28.8 Å². The van der Waals surface area contributed by atoms with E-state index in [2.05, 4.69) is 31.2 Å². The average Bonchev–Trinajstić information content (AvgIpc) is 4.10. The van der Waals surface area contributed by atoms with Crippen molar-refractivity contribution in [2.75, 3.05) is 19.6 Å². The summed E-state index contributed by atoms with van der Waals surface area (Å²) in [6, 6.07) is 11.0. The van der Waals surface area contributed by atoms with Crippen LogP contribution in [0.2, 0.25) is 0 Å². The van der Waals surface area contributed by atoms with Crippen LogP contribution in [0.1, 0.15) is 95.1 Å². The number of unbranched alkanes of at least 4 members (excludes halogenated alkanes) is 1. The Kier molecular flexibility index (Phi) is 13.0. The fourth-order valence-electron chi connectivity index (χ4n) is 10.6. The molecular formula is C47H61N9O6. The van der Waals surface area contributed by atoms with Crippen LogP contribution in [0.4, 0.5) is 0 Å². The lowest BCUT2D eigenvalue weighted by molar-refractivity contribution is -0.147. The number of carbonyl (C=O) groups is 6. The maximum atomic E-state index is 14.8. The molecule has 4 aliphatic rings. The van der Waals surface area contributed by atoms with Gasteiger partial charge >= 0.3 is 0 Å². The van der Waals surface area contributed by atoms with Crippen molar-refractivity contribution in [1.29, 1.82) is 0 Å². The van der Waals surface area contributed by atoms with Gasteiger partial charge in [-0.15, -0.1) is 0 Å². The van der Waals surface area contributed by atoms with Crippen molar-refractivity contribution >= 4 is 57.2 Å². The summed E-state index contributed by atoms with van der Waals surface area (Å²) < 4.78 is 0. The fraction of sp³-hybridized carbons (Fsp3) is 0.532. The predicted molar refractivity (Wildman–Crippen MR) is 235 cm³/mol. The number of nitrogens with two attached hydrogens (primary N) is 1. The highest BCUT2D eigenvalue weighted by atomic mass is 16.2. The molecule has 4 aromatic rings. The topological polar surface area (TPSA) is 215 Å². The molecule has 4 unspecified atom stereocenters. The summed E-state index contributed by atoms with van der Waals surface area (Å²) in [5, 5.41) is 13.9. The normalized spacial score (nSPS) is 26.5. The summed E-state index contributed by atoms with van der Waals surface area (Å²) in [4.78, 5) is 98.1. The van der Waals surface area contributed by atoms with Gasteiger partial charge in [-0.1, -0.05) is 75.4 Å². The standard InChI is InChI=1S/C47H61N9O6/c1-2-3-22-55-28-41(57)56-39-17-9-4-12-29(39)25-40(56)44(60)52-38(24-31-27-50-35-16-8-6-14-33(31)35)43(59)54-47(19-10-11-20-47)46(62)53-37(42(58)51-36(18-21-48)45(55)61)23-30-26-49-34-15-7-5-13-32(30)34/h5-8,13-16,26-27,29,36-40,49-50H,2-4,9-12,17-25,28,48H2,1H3,(H,51,58)(H,52,60)(H,53,62)(H,54,59)/t29?,36?,37-,38-,39?,40?/m0/s1. The minimum Gasteiger partial charge on any atom is -0.361 e. The van der Waals surface area contributed by atoms with E-state index in [4.69, 9.17) is 5.73 Å². The van der Waals surface area contributed by atoms with Gasteiger partial charge in [0.1, 0.15) is 29.7 Å². The number of H-pyrrole nitrogens is 2. The molecule has 2 saturated heterocycles. The van der Waals surface area contributed by atoms with Crippen LogP contribution < -0.4 is 27.0 Å². The van der Waals surface area contributed by atoms with Gasteiger partial charge in [0.05, 0.1) is 6.54 Å². The second-order valence-corrected chi connectivity index (χ2v) is 17.9. The molecule has 6 atom stereocenters. The Bertz CT molecular complexity index is 2300. The Balaban J connectivity index is 1.20. The Morgan fingerprint density at radius 1 is 0.726 bits per heavy atom. The molecule has 4 heterocycles. The zero-order valence-corrected chi connectivity index (χ0v) is 35.7. The van der Waals surface area contributed by atoms with Gasteiger partial charge in [0.2, 0.25) is 35.4 Å². The van der Waals surface area contributed by atoms with Crippen molar-refractivity contribution in [3.8, 4) is 0 Å². The number of fused-ring (bicyclic) bond motifs is 5. The first-order chi connectivity index (χ1) is 30.1. The second-order valence-electron chi connectivity index (χ2n) is 17.9. The lowest BCUT2D eigenvalue weighted by atomic mass is 9.84. The number of para-hydroxylation sites is 2. The van der Waals surface area contributed by atoms with E-state index in [0.717, 1.165) is 65.0 Å². The molecule has 0 bridgehead atoms. The number of aromatic amines is 2. The van der Waals surface area contributed by atoms with Crippen LogP contribution in [0.5, 0.6) is 0 Å². The van der Waals surface area contributed by atoms with Gasteiger partial charge in [-0.2, -0.15) is 0 Å². The van der Waals surface area contributed by atoms with Gasteiger partial charge in [-0.3, -0.25) is 28.8 Å². The van der Waals surface area contributed by atoms with Crippen LogP contribution in [0.25, 0.3) is 21.8 Å². The Morgan fingerprint density at radius 2 is 1.34 bits per heavy atom. The number of rotatable bonds is 9. The lowest BCUT2D eigenvalue weighted by Gasteiger charge is -2.37. The summed E-state index contributed by atoms with van der Waals surface area (Å²) in [6.45, 7) is 2.07. The molecule has 62 heavy (non-hydrogen) atoms. The summed E-state index contributed by atoms with van der Waals surface area (Å²) >= 11 is 0. The Labute approximate surface area is 362 Å². The third kappa shape index (κ3) is 8.81. The maximum Gasteiger partial charge on any atom is 0.246 e. The SMILES string of the molecule is CCCCN1CC(=O)N2C(CC3CCCCC32)C(=O)N[C@@H](Cc2c[nH]c3ccccc23)C(=O)NC2(CCCC2)C(=O)N[C@@H](Cc2c[nH]c3ccccc23)C(=O)NC(CCN)C1=O. The largest absolute Gasteiger partial charge is 0.361 e. The molecule has 1 spiro atoms. The fourth-order valence-corrected chi connectivity index (χ4v) is 10.6. The van der Waals surface area contributed by atoms with E-state index in [1.807, 2.05) is 67.8 Å². The monoisotopic (exact) mass is 847 g/mol. The number of aromatic nitrogens is 2. The highest BCUT2D eigenvalue weighted by molar-refractivity contribution is 6.00. The number of amides is 6. The molecule has 15 heteroatoms. The minimum atomic E-state index is -1.38. The Morgan fingerprint density at radius 3 is 1.98 bits per heavy atom. The molecule has 6 amide bonds. The number of carbonyl (C=O) groups excluding carboxylic acids is 6. The molecular weight excluding hydrogens is 787 g/mol. The van der Waals surface area contributed by atoms with Gasteiger partial charge < -0.3 is 46.8 Å². The van der Waals surface area contributed by atoms with Crippen molar-refractivity contribution in [1.82, 2.24) is 41.0 Å². The van der Waals surface area contributed by atoms with Gasteiger partial charge in [-0.25, -0.2) is 0 Å². The Hall–Kier alpha value is -5.70. The van der Waals surface area contributed by atoms with E-state index in [1.165, 1.54) is 4.90 Å². The molecule has 4 fully saturated rings. The zero-order chi connectivity index (χ0) is 43.4. The lowest BCUT2D eigenvalue weighted by Crippen LogP contribution is -2.65. The number of nitrogens with zero attached hydrogens (tertiary/aromatic N) is 2. The van der Waals surface area contributed by atoms with Gasteiger partial charge in [0.15, 0.2) is 0 Å². The van der Waals surface area contributed by atoms with Crippen LogP contribution in [-0.4, -0.2) is 111 Å². The van der Waals surface area contributed by atoms with E-state index in [1.54, 1.807) is 4.90 Å². The van der Waals surface area contributed by atoms with Gasteiger partial charge in [0, 0.05) is 59.6 Å². The molecule has 2 aromatic heterocycles. The van der Waals surface area contributed by atoms with Gasteiger partial charge in [-0.05, 0) is 80.7 Å². The van der Waals surface area contributed by atoms with Crippen LogP contribution in [-0.2, 0) is 41.6 Å². The number of hydrogen-bond acceptors (Lipinski definition) is 7. The number of benzene rings is 2. The van der Waals surface area contributed by atoms with Crippen molar-refractivity contribution in [2.24, 2.45) is 11.7 Å². The third-order valence-corrected chi connectivity index (χ3v) is 13.9. The molecule has 15 nitrogen and oxygen atoms in total. The maximum absolute atomic E-state index is 14.8. The summed E-state index contributed by atoms with van der Waals surface area (Å²) in [5.41, 5.74) is 8.04. The van der Waals surface area contributed by atoms with Crippen molar-refractivity contribution in [2.45, 2.75) is 133 Å². The molecule has 2 aliphatic carbocycles. The van der Waals surface area contributed by atoms with E-state index in [0.29, 0.717) is 38.5 Å². The predicted octanol–water partition coefficient (Wildman–Crippen LogP) is 3.47. The average molecular weight is 848 g/mol. The number of nitrogens with one attached hydrogen (secondary N) is 6. The van der Waals surface area contributed by atoms with E-state index in [9.17, 15) is 28.8 Å². The molecule has 2 aromatic carbocycles. The van der Waals surface area contributed by atoms with E-state index in [-0.39, 0.29) is 56.8 Å². The third-order valence-electron chi connectivity index (χ3n) is 13.9. The molecule has 0 radical (unpaired) electrons. The molecule has 330 valence electrons. The molecule has 2 aliphatic heterocycles. The van der Waals surface area contributed by atoms with Crippen molar-refractivity contribution in [3.63, 3.8) is 0 Å². The van der Waals surface area contributed by atoms with E-state index >= 15 is 0 Å². The van der Waals surface area contributed by atoms with Gasteiger partial charge in [0.25, 0.3) is 0 Å². The second kappa shape index (κ2) is 18.7. The highest BCUT2D eigenvalue weighted by Gasteiger charge is 2.50. The summed E-state index contributed by atoms with van der Waals surface area (Å²) in [6.07, 6.45) is 11.3.